The van der Waals surface area contributed by atoms with Crippen molar-refractivity contribution in [1.29, 1.82) is 10.5 Å². The average Bonchev–Trinajstić information content (AvgIpc) is 4.08. The fourth-order valence-corrected chi connectivity index (χ4v) is 12.3. The van der Waals surface area contributed by atoms with E-state index in [1.54, 1.807) is 22.7 Å². The summed E-state index contributed by atoms with van der Waals surface area (Å²) in [5, 5.41) is 30.5. The second kappa shape index (κ2) is 15.4. The van der Waals surface area contributed by atoms with Gasteiger partial charge < -0.3 is 4.57 Å². The van der Waals surface area contributed by atoms with Crippen molar-refractivity contribution in [3.8, 4) is 74.2 Å². The molecule has 0 bridgehead atoms. The zero-order chi connectivity index (χ0) is 44.6. The Morgan fingerprint density at radius 3 is 1.19 bits per heavy atom. The molecule has 0 atom stereocenters. The molecule has 0 saturated carbocycles. The van der Waals surface area contributed by atoms with Gasteiger partial charge in [0.05, 0.1) is 37.2 Å². The maximum atomic E-state index is 12.0. The number of nitrogens with zero attached hydrogens (tertiary/aromatic N) is 6. The standard InChI is InChI=1S/C59H32N6S2/c60-33-45-49(35-17-5-1-6-18-35)46(34-61)52(50(36-19-7-2-8-20-36)51(45)59-63-57(37-21-9-3-10-22-37)62-58(64-59)38-23-11-4-12-24-38)65-53-41(29-31-43-39-25-13-15-27-47(39)66-55(43)53)42-30-32-44-40-26-14-16-28-48(40)67-56(44)54(42)65/h1-32H. The molecule has 8 heteroatoms. The number of thiophene rings is 2. The van der Waals surface area contributed by atoms with Crippen LogP contribution in [0, 0.1) is 22.7 Å². The van der Waals surface area contributed by atoms with Crippen molar-refractivity contribution in [1.82, 2.24) is 19.5 Å². The van der Waals surface area contributed by atoms with Gasteiger partial charge in [-0.15, -0.1) is 22.7 Å². The van der Waals surface area contributed by atoms with E-state index in [2.05, 4.69) is 102 Å². The lowest BCUT2D eigenvalue weighted by Crippen LogP contribution is -2.10. The minimum atomic E-state index is 0.300. The number of nitriles is 2. The first-order valence-corrected chi connectivity index (χ1v) is 23.5. The third-order valence-electron chi connectivity index (χ3n) is 12.7. The first kappa shape index (κ1) is 38.6. The van der Waals surface area contributed by atoms with Gasteiger partial charge in [0.25, 0.3) is 0 Å². The fourth-order valence-electron chi connectivity index (χ4n) is 9.87. The Bertz CT molecular complexity index is 4030. The molecule has 6 nitrogen and oxygen atoms in total. The van der Waals surface area contributed by atoms with E-state index in [9.17, 15) is 10.5 Å². The molecule has 0 aliphatic heterocycles. The van der Waals surface area contributed by atoms with Gasteiger partial charge in [-0.1, -0.05) is 182 Å². The number of aromatic nitrogens is 4. The smallest absolute Gasteiger partial charge is 0.166 e. The highest BCUT2D eigenvalue weighted by Gasteiger charge is 2.33. The Hall–Kier alpha value is -8.79. The zero-order valence-electron chi connectivity index (χ0n) is 35.5. The third kappa shape index (κ3) is 5.95. The molecule has 4 aromatic heterocycles. The van der Waals surface area contributed by atoms with Crippen LogP contribution < -0.4 is 0 Å². The first-order valence-electron chi connectivity index (χ1n) is 21.9. The largest absolute Gasteiger partial charge is 0.304 e. The summed E-state index contributed by atoms with van der Waals surface area (Å²) in [4.78, 5) is 15.7. The van der Waals surface area contributed by atoms with Crippen molar-refractivity contribution in [2.24, 2.45) is 0 Å². The van der Waals surface area contributed by atoms with Gasteiger partial charge in [-0.3, -0.25) is 0 Å². The predicted molar refractivity (Wildman–Crippen MR) is 277 cm³/mol. The molecular weight excluding hydrogens is 857 g/mol. The fraction of sp³-hybridized carbons (Fsp3) is 0. The van der Waals surface area contributed by atoms with Crippen LogP contribution in [0.4, 0.5) is 0 Å². The number of benzene rings is 9. The lowest BCUT2D eigenvalue weighted by molar-refractivity contribution is 1.07. The summed E-state index contributed by atoms with van der Waals surface area (Å²) >= 11 is 3.53. The molecule has 0 amide bonds. The number of hydrogen-bond acceptors (Lipinski definition) is 7. The van der Waals surface area contributed by atoms with E-state index in [-0.39, 0.29) is 0 Å². The molecule has 0 fully saturated rings. The molecule has 0 radical (unpaired) electrons. The molecule has 0 N–H and O–H groups in total. The second-order valence-corrected chi connectivity index (χ2v) is 18.5. The molecule has 0 unspecified atom stereocenters. The van der Waals surface area contributed by atoms with Gasteiger partial charge in [0.15, 0.2) is 17.5 Å². The average molecular weight is 889 g/mol. The summed E-state index contributed by atoms with van der Waals surface area (Å²) in [5.41, 5.74) is 8.18. The van der Waals surface area contributed by atoms with E-state index in [1.165, 1.54) is 20.2 Å². The van der Waals surface area contributed by atoms with E-state index in [0.717, 1.165) is 64.2 Å². The number of fused-ring (bicyclic) bond motifs is 11. The highest BCUT2D eigenvalue weighted by atomic mass is 32.1. The van der Waals surface area contributed by atoms with Crippen LogP contribution in [0.25, 0.3) is 124 Å². The summed E-state index contributed by atoms with van der Waals surface area (Å²) in [7, 11) is 0. The molecule has 310 valence electrons. The van der Waals surface area contributed by atoms with Gasteiger partial charge in [-0.25, -0.2) is 15.0 Å². The van der Waals surface area contributed by atoms with Crippen LogP contribution in [-0.2, 0) is 0 Å². The van der Waals surface area contributed by atoms with Gasteiger partial charge in [-0.05, 0) is 23.3 Å². The van der Waals surface area contributed by atoms with Gasteiger partial charge in [0, 0.05) is 69.5 Å². The lowest BCUT2D eigenvalue weighted by atomic mass is 9.83. The normalized spacial score (nSPS) is 11.6. The summed E-state index contributed by atoms with van der Waals surface area (Å²) in [6.07, 6.45) is 0. The summed E-state index contributed by atoms with van der Waals surface area (Å²) in [6.45, 7) is 0. The van der Waals surface area contributed by atoms with Gasteiger partial charge in [-0.2, -0.15) is 10.5 Å². The van der Waals surface area contributed by atoms with E-state index >= 15 is 0 Å². The van der Waals surface area contributed by atoms with Crippen LogP contribution in [0.1, 0.15) is 11.1 Å². The molecule has 67 heavy (non-hydrogen) atoms. The zero-order valence-corrected chi connectivity index (χ0v) is 37.1. The topological polar surface area (TPSA) is 91.2 Å². The summed E-state index contributed by atoms with van der Waals surface area (Å²) in [6, 6.07) is 71.2. The Morgan fingerprint density at radius 1 is 0.343 bits per heavy atom. The van der Waals surface area contributed by atoms with Crippen molar-refractivity contribution >= 4 is 84.8 Å². The van der Waals surface area contributed by atoms with Crippen LogP contribution in [-0.4, -0.2) is 19.5 Å². The highest BCUT2D eigenvalue weighted by molar-refractivity contribution is 7.27. The van der Waals surface area contributed by atoms with E-state index in [1.807, 2.05) is 109 Å². The Balaban J connectivity index is 1.31. The molecule has 0 saturated heterocycles. The van der Waals surface area contributed by atoms with E-state index < -0.39 is 0 Å². The van der Waals surface area contributed by atoms with Crippen LogP contribution in [0.3, 0.4) is 0 Å². The maximum absolute atomic E-state index is 12.0. The Labute approximate surface area is 392 Å². The molecule has 0 aliphatic rings. The third-order valence-corrected chi connectivity index (χ3v) is 15.1. The predicted octanol–water partition coefficient (Wildman–Crippen LogP) is 15.8. The van der Waals surface area contributed by atoms with Crippen LogP contribution in [0.15, 0.2) is 194 Å². The van der Waals surface area contributed by atoms with Crippen LogP contribution >= 0.6 is 22.7 Å². The monoisotopic (exact) mass is 888 g/mol. The number of rotatable bonds is 6. The minimum absolute atomic E-state index is 0.300. The van der Waals surface area contributed by atoms with Gasteiger partial charge >= 0.3 is 0 Å². The lowest BCUT2D eigenvalue weighted by Gasteiger charge is -2.24. The SMILES string of the molecule is N#Cc1c(-c2ccccc2)c(C#N)c(-n2c3c(ccc4c5ccccc5sc43)c3ccc4c5ccccc5sc4c32)c(-c2ccccc2)c1-c1nc(-c2ccccc2)nc(-c2ccccc2)n1. The van der Waals surface area contributed by atoms with Gasteiger partial charge in [0.1, 0.15) is 12.1 Å². The van der Waals surface area contributed by atoms with E-state index in [0.29, 0.717) is 51.0 Å². The quantitative estimate of drug-likeness (QED) is 0.166. The van der Waals surface area contributed by atoms with Crippen molar-refractivity contribution in [3.05, 3.63) is 205 Å². The maximum Gasteiger partial charge on any atom is 0.166 e. The number of hydrogen-bond donors (Lipinski definition) is 0. The second-order valence-electron chi connectivity index (χ2n) is 16.4. The van der Waals surface area contributed by atoms with Crippen molar-refractivity contribution in [2.45, 2.75) is 0 Å². The molecule has 13 rings (SSSR count). The van der Waals surface area contributed by atoms with Crippen molar-refractivity contribution in [3.63, 3.8) is 0 Å². The minimum Gasteiger partial charge on any atom is -0.304 e. The Morgan fingerprint density at radius 2 is 0.731 bits per heavy atom. The molecular formula is C59H32N6S2. The molecule has 4 heterocycles. The highest BCUT2D eigenvalue weighted by Crippen LogP contribution is 2.52. The van der Waals surface area contributed by atoms with Crippen LogP contribution in [0.2, 0.25) is 0 Å². The van der Waals surface area contributed by atoms with Gasteiger partial charge in [0.2, 0.25) is 0 Å². The van der Waals surface area contributed by atoms with E-state index in [4.69, 9.17) is 15.0 Å². The van der Waals surface area contributed by atoms with Crippen LogP contribution in [0.5, 0.6) is 0 Å². The Kier molecular flexibility index (Phi) is 8.90. The van der Waals surface area contributed by atoms with Crippen molar-refractivity contribution < 1.29 is 0 Å². The summed E-state index contributed by atoms with van der Waals surface area (Å²) in [5.74, 6) is 1.26. The molecule has 9 aromatic carbocycles. The molecule has 13 aromatic rings. The summed E-state index contributed by atoms with van der Waals surface area (Å²) < 4.78 is 6.93. The molecule has 0 aliphatic carbocycles. The molecule has 0 spiro atoms. The first-order chi connectivity index (χ1) is 33.2. The van der Waals surface area contributed by atoms with Crippen molar-refractivity contribution in [2.75, 3.05) is 0 Å².